The molecule has 0 unspecified atom stereocenters. The van der Waals surface area contributed by atoms with Gasteiger partial charge in [-0.3, -0.25) is 19.7 Å². The van der Waals surface area contributed by atoms with E-state index in [2.05, 4.69) is 10.3 Å². The molecule has 210 valence electrons. The monoisotopic (exact) mass is 581 g/mol. The van der Waals surface area contributed by atoms with E-state index in [4.69, 9.17) is 4.74 Å². The molecule has 2 aromatic carbocycles. The number of rotatable bonds is 14. The normalized spacial score (nSPS) is 13.1. The molecular formula is C27H30F3N3O4S2. The molecule has 0 bridgehead atoms. The summed E-state index contributed by atoms with van der Waals surface area (Å²) in [4.78, 5) is 41.7. The third-order valence-electron chi connectivity index (χ3n) is 5.75. The molecule has 0 saturated carbocycles. The number of aryl methyl sites for hydroxylation is 1. The van der Waals surface area contributed by atoms with Crippen molar-refractivity contribution in [1.82, 2.24) is 15.6 Å². The Kier molecular flexibility index (Phi) is 11.8. The number of carbonyl (C=O) groups is 3. The summed E-state index contributed by atoms with van der Waals surface area (Å²) < 4.78 is 44.0. The minimum atomic E-state index is -4.94. The highest BCUT2D eigenvalue weighted by atomic mass is 32.2. The van der Waals surface area contributed by atoms with Crippen LogP contribution in [-0.2, 0) is 25.5 Å². The molecule has 0 fully saturated rings. The number of amides is 1. The van der Waals surface area contributed by atoms with Crippen LogP contribution >= 0.6 is 23.1 Å². The lowest BCUT2D eigenvalue weighted by atomic mass is 10.0. The van der Waals surface area contributed by atoms with Crippen LogP contribution in [-0.4, -0.2) is 53.4 Å². The average molecular weight is 582 g/mol. The van der Waals surface area contributed by atoms with Crippen LogP contribution < -0.4 is 10.6 Å². The molecule has 0 spiro atoms. The summed E-state index contributed by atoms with van der Waals surface area (Å²) in [6.45, 7) is 1.70. The Morgan fingerprint density at radius 2 is 1.72 bits per heavy atom. The third kappa shape index (κ3) is 9.94. The van der Waals surface area contributed by atoms with E-state index >= 15 is 0 Å². The van der Waals surface area contributed by atoms with Gasteiger partial charge in [-0.25, -0.2) is 4.98 Å². The van der Waals surface area contributed by atoms with Crippen LogP contribution in [0.15, 0.2) is 58.9 Å². The number of ether oxygens (including phenoxy) is 1. The molecule has 2 N–H and O–H groups in total. The van der Waals surface area contributed by atoms with Crippen molar-refractivity contribution >= 4 is 50.3 Å². The second-order valence-electron chi connectivity index (χ2n) is 8.67. The third-order valence-corrected chi connectivity index (χ3v) is 7.83. The Balaban J connectivity index is 1.69. The molecule has 1 heterocycles. The molecule has 0 aliphatic rings. The summed E-state index contributed by atoms with van der Waals surface area (Å²) in [6.07, 6.45) is -3.16. The van der Waals surface area contributed by atoms with Crippen molar-refractivity contribution in [3.63, 3.8) is 0 Å². The first-order chi connectivity index (χ1) is 18.7. The fourth-order valence-electron chi connectivity index (χ4n) is 3.81. The average Bonchev–Trinajstić information content (AvgIpc) is 3.31. The Bertz CT molecular complexity index is 1200. The number of thioether (sulfide) groups is 1. The van der Waals surface area contributed by atoms with Gasteiger partial charge in [-0.2, -0.15) is 13.2 Å². The maximum atomic E-state index is 13.4. The second-order valence-corrected chi connectivity index (χ2v) is 10.9. The minimum absolute atomic E-state index is 0.181. The fraction of sp³-hybridized carbons (Fsp3) is 0.407. The summed E-state index contributed by atoms with van der Waals surface area (Å²) in [5, 5.41) is 4.73. The highest BCUT2D eigenvalue weighted by molar-refractivity contribution is 8.15. The lowest BCUT2D eigenvalue weighted by Gasteiger charge is -2.23. The lowest BCUT2D eigenvalue weighted by Crippen LogP contribution is -2.47. The van der Waals surface area contributed by atoms with E-state index < -0.39 is 30.1 Å². The molecule has 0 aliphatic carbocycles. The van der Waals surface area contributed by atoms with Gasteiger partial charge < -0.3 is 10.1 Å². The van der Waals surface area contributed by atoms with E-state index in [1.807, 2.05) is 59.9 Å². The van der Waals surface area contributed by atoms with Crippen molar-refractivity contribution in [3.05, 3.63) is 60.2 Å². The van der Waals surface area contributed by atoms with E-state index in [1.165, 1.54) is 11.3 Å². The number of alkyl halides is 3. The van der Waals surface area contributed by atoms with Crippen LogP contribution in [0.5, 0.6) is 0 Å². The molecule has 0 radical (unpaired) electrons. The number of fused-ring (bicyclic) bond motifs is 1. The van der Waals surface area contributed by atoms with Crippen LogP contribution in [0.4, 0.5) is 13.2 Å². The van der Waals surface area contributed by atoms with Crippen LogP contribution in [0.1, 0.15) is 38.2 Å². The first-order valence-corrected chi connectivity index (χ1v) is 14.2. The van der Waals surface area contributed by atoms with Crippen molar-refractivity contribution in [2.24, 2.45) is 0 Å². The van der Waals surface area contributed by atoms with Crippen molar-refractivity contribution in [1.29, 1.82) is 0 Å². The van der Waals surface area contributed by atoms with Gasteiger partial charge >= 0.3 is 18.1 Å². The quantitative estimate of drug-likeness (QED) is 0.152. The summed E-state index contributed by atoms with van der Waals surface area (Å²) in [5.74, 6) is -2.48. The number of thiazole rings is 1. The Hall–Kier alpha value is -2.96. The summed E-state index contributed by atoms with van der Waals surface area (Å²) in [7, 11) is 0. The van der Waals surface area contributed by atoms with Crippen molar-refractivity contribution in [3.8, 4) is 0 Å². The maximum absolute atomic E-state index is 13.4. The van der Waals surface area contributed by atoms with Crippen molar-refractivity contribution < 1.29 is 32.3 Å². The van der Waals surface area contributed by atoms with Gasteiger partial charge in [0, 0.05) is 6.54 Å². The number of esters is 1. The van der Waals surface area contributed by atoms with E-state index in [0.717, 1.165) is 27.5 Å². The van der Waals surface area contributed by atoms with E-state index in [-0.39, 0.29) is 31.1 Å². The largest absolute Gasteiger partial charge is 0.471 e. The number of aromatic nitrogens is 1. The number of carbonyl (C=O) groups excluding carboxylic acids is 3. The van der Waals surface area contributed by atoms with Gasteiger partial charge in [0.25, 0.3) is 0 Å². The number of halogens is 3. The van der Waals surface area contributed by atoms with Gasteiger partial charge in [0.05, 0.1) is 22.9 Å². The molecule has 1 amide bonds. The number of benzene rings is 2. The van der Waals surface area contributed by atoms with Crippen molar-refractivity contribution in [2.75, 3.05) is 13.2 Å². The highest BCUT2D eigenvalue weighted by Crippen LogP contribution is 2.31. The van der Waals surface area contributed by atoms with Gasteiger partial charge in [0.1, 0.15) is 6.04 Å². The number of nitrogens with zero attached hydrogens (tertiary/aromatic N) is 1. The molecular weight excluding hydrogens is 551 g/mol. The molecule has 7 nitrogen and oxygen atoms in total. The van der Waals surface area contributed by atoms with Crippen LogP contribution in [0.3, 0.4) is 0 Å². The zero-order chi connectivity index (χ0) is 28.3. The standard InChI is InChI=1S/C27H30F3N3O4S2/c1-2-37-23(34)20(16-15-18-10-4-3-5-11-18)32-21(13-8-9-17-31-25(36)27(28,29)30)24(35)39-26-33-19-12-6-7-14-22(19)38-26/h3-7,10-12,14,20-21,32H,2,8-9,13,15-17H2,1H3,(H,31,36)/t20-,21-/m0/s1. The fourth-order valence-corrected chi connectivity index (χ4v) is 5.83. The van der Waals surface area contributed by atoms with Crippen LogP contribution in [0, 0.1) is 0 Å². The Morgan fingerprint density at radius 3 is 2.41 bits per heavy atom. The topological polar surface area (TPSA) is 97.4 Å². The highest BCUT2D eigenvalue weighted by Gasteiger charge is 2.38. The van der Waals surface area contributed by atoms with Gasteiger partial charge in [-0.1, -0.05) is 42.5 Å². The maximum Gasteiger partial charge on any atom is 0.471 e. The number of unbranched alkanes of at least 4 members (excludes halogenated alkanes) is 1. The molecule has 1 aromatic heterocycles. The summed E-state index contributed by atoms with van der Waals surface area (Å²) in [5.41, 5.74) is 1.80. The van der Waals surface area contributed by atoms with Gasteiger partial charge in [-0.05, 0) is 68.5 Å². The van der Waals surface area contributed by atoms with Crippen molar-refractivity contribution in [2.45, 2.75) is 61.6 Å². The molecule has 0 saturated heterocycles. The van der Waals surface area contributed by atoms with Gasteiger partial charge in [0.15, 0.2) is 4.34 Å². The molecule has 12 heteroatoms. The lowest BCUT2D eigenvalue weighted by molar-refractivity contribution is -0.173. The molecule has 3 rings (SSSR count). The second kappa shape index (κ2) is 15.0. The number of para-hydroxylation sites is 1. The van der Waals surface area contributed by atoms with E-state index in [9.17, 15) is 27.6 Å². The zero-order valence-electron chi connectivity index (χ0n) is 21.3. The predicted molar refractivity (Wildman–Crippen MR) is 146 cm³/mol. The number of hydrogen-bond donors (Lipinski definition) is 2. The zero-order valence-corrected chi connectivity index (χ0v) is 23.0. The van der Waals surface area contributed by atoms with E-state index in [0.29, 0.717) is 23.6 Å². The van der Waals surface area contributed by atoms with Crippen LogP contribution in [0.2, 0.25) is 0 Å². The Labute approximate surface area is 232 Å². The minimum Gasteiger partial charge on any atom is -0.465 e. The number of nitrogens with one attached hydrogen (secondary N) is 2. The molecule has 2 atom stereocenters. The Morgan fingerprint density at radius 1 is 1.00 bits per heavy atom. The smallest absolute Gasteiger partial charge is 0.465 e. The van der Waals surface area contributed by atoms with E-state index in [1.54, 1.807) is 6.92 Å². The van der Waals surface area contributed by atoms with Gasteiger partial charge in [0.2, 0.25) is 5.12 Å². The first-order valence-electron chi connectivity index (χ1n) is 12.6. The molecule has 39 heavy (non-hydrogen) atoms. The summed E-state index contributed by atoms with van der Waals surface area (Å²) >= 11 is 2.35. The number of hydrogen-bond acceptors (Lipinski definition) is 8. The molecule has 0 aliphatic heterocycles. The van der Waals surface area contributed by atoms with Crippen LogP contribution in [0.25, 0.3) is 10.2 Å². The summed E-state index contributed by atoms with van der Waals surface area (Å²) in [6, 6.07) is 15.6. The molecule has 3 aromatic rings. The van der Waals surface area contributed by atoms with Gasteiger partial charge in [-0.15, -0.1) is 11.3 Å². The SMILES string of the molecule is CCOC(=O)[C@H](CCc1ccccc1)N[C@@H](CCCCNC(=O)C(F)(F)F)C(=O)Sc1nc2ccccc2s1. The first kappa shape index (κ1) is 30.6. The predicted octanol–water partition coefficient (Wildman–Crippen LogP) is 5.29.